The molecule has 0 heterocycles. The van der Waals surface area contributed by atoms with Gasteiger partial charge in [-0.15, -0.1) is 0 Å². The fraction of sp³-hybridized carbons (Fsp3) is 0.385. The van der Waals surface area contributed by atoms with Crippen LogP contribution in [0.4, 0.5) is 11.4 Å². The van der Waals surface area contributed by atoms with Crippen molar-refractivity contribution in [3.63, 3.8) is 0 Å². The van der Waals surface area contributed by atoms with Crippen molar-refractivity contribution in [2.24, 2.45) is 0 Å². The second kappa shape index (κ2) is 5.92. The summed E-state index contributed by atoms with van der Waals surface area (Å²) in [5.74, 6) is -0.124. The third-order valence-corrected chi connectivity index (χ3v) is 2.64. The maximum absolute atomic E-state index is 12.3. The lowest BCUT2D eigenvalue weighted by Gasteiger charge is -2.21. The molecule has 18 heavy (non-hydrogen) atoms. The van der Waals surface area contributed by atoms with Crippen LogP contribution in [-0.2, 0) is 0 Å². The van der Waals surface area contributed by atoms with Crippen LogP contribution >= 0.6 is 0 Å². The average molecular weight is 246 g/mol. The Balaban J connectivity index is 3.04. The number of amides is 1. The molecule has 1 aromatic rings. The van der Waals surface area contributed by atoms with Gasteiger partial charge in [0.05, 0.1) is 18.1 Å². The van der Waals surface area contributed by atoms with Gasteiger partial charge in [-0.25, -0.2) is 0 Å². The predicted octanol–water partition coefficient (Wildman–Crippen LogP) is 1.32. The predicted molar refractivity (Wildman–Crippen MR) is 72.4 cm³/mol. The first-order chi connectivity index (χ1) is 8.47. The van der Waals surface area contributed by atoms with E-state index in [1.807, 2.05) is 31.1 Å². The first kappa shape index (κ1) is 13.8. The molecule has 0 aliphatic heterocycles. The molecule has 0 saturated carbocycles. The molecule has 0 unspecified atom stereocenters. The van der Waals surface area contributed by atoms with E-state index in [9.17, 15) is 4.79 Å². The number of nitrogen functional groups attached to an aromatic ring is 1. The molecule has 0 atom stereocenters. The molecule has 1 aromatic carbocycles. The lowest BCUT2D eigenvalue weighted by atomic mass is 10.1. The molecule has 2 N–H and O–H groups in total. The van der Waals surface area contributed by atoms with E-state index in [2.05, 4.69) is 0 Å². The SMILES string of the molecule is CN(CCC#N)C(=O)c1cc(N)ccc1N(C)C. The van der Waals surface area contributed by atoms with E-state index >= 15 is 0 Å². The van der Waals surface area contributed by atoms with Gasteiger partial charge in [0.1, 0.15) is 0 Å². The Morgan fingerprint density at radius 3 is 2.61 bits per heavy atom. The maximum Gasteiger partial charge on any atom is 0.255 e. The van der Waals surface area contributed by atoms with Gasteiger partial charge in [0, 0.05) is 39.1 Å². The Morgan fingerprint density at radius 2 is 2.06 bits per heavy atom. The summed E-state index contributed by atoms with van der Waals surface area (Å²) >= 11 is 0. The van der Waals surface area contributed by atoms with Crippen LogP contribution in [-0.4, -0.2) is 38.5 Å². The van der Waals surface area contributed by atoms with Gasteiger partial charge in [-0.2, -0.15) is 5.26 Å². The van der Waals surface area contributed by atoms with E-state index in [0.717, 1.165) is 5.69 Å². The van der Waals surface area contributed by atoms with Crippen molar-refractivity contribution in [2.45, 2.75) is 6.42 Å². The van der Waals surface area contributed by atoms with Crippen molar-refractivity contribution >= 4 is 17.3 Å². The van der Waals surface area contributed by atoms with Gasteiger partial charge in [0.15, 0.2) is 0 Å². The summed E-state index contributed by atoms with van der Waals surface area (Å²) in [6.45, 7) is 0.414. The monoisotopic (exact) mass is 246 g/mol. The molecule has 1 rings (SSSR count). The number of carbonyl (C=O) groups excluding carboxylic acids is 1. The molecule has 0 saturated heterocycles. The smallest absolute Gasteiger partial charge is 0.255 e. The molecule has 1 amide bonds. The molecule has 0 spiro atoms. The number of nitrogens with two attached hydrogens (primary N) is 1. The van der Waals surface area contributed by atoms with Crippen LogP contribution in [0.2, 0.25) is 0 Å². The average Bonchev–Trinajstić information content (AvgIpc) is 2.34. The Bertz CT molecular complexity index is 476. The molecule has 96 valence electrons. The van der Waals surface area contributed by atoms with Crippen LogP contribution in [0.25, 0.3) is 0 Å². The van der Waals surface area contributed by atoms with Crippen molar-refractivity contribution in [1.29, 1.82) is 5.26 Å². The van der Waals surface area contributed by atoms with Gasteiger partial charge in [0.2, 0.25) is 0 Å². The summed E-state index contributed by atoms with van der Waals surface area (Å²) in [5.41, 5.74) is 7.65. The number of nitrogens with zero attached hydrogens (tertiary/aromatic N) is 3. The second-order valence-electron chi connectivity index (χ2n) is 4.31. The van der Waals surface area contributed by atoms with Gasteiger partial charge in [-0.05, 0) is 18.2 Å². The maximum atomic E-state index is 12.3. The number of hydrogen-bond acceptors (Lipinski definition) is 4. The summed E-state index contributed by atoms with van der Waals surface area (Å²) in [5, 5.41) is 8.54. The standard InChI is InChI=1S/C13H18N4O/c1-16(2)12-6-5-10(15)9-11(12)13(18)17(3)8-4-7-14/h5-6,9H,4,8,15H2,1-3H3. The highest BCUT2D eigenvalue weighted by atomic mass is 16.2. The number of carbonyl (C=O) groups is 1. The summed E-state index contributed by atoms with van der Waals surface area (Å²) in [6.07, 6.45) is 0.321. The van der Waals surface area contributed by atoms with Crippen LogP contribution in [0.15, 0.2) is 18.2 Å². The zero-order valence-corrected chi connectivity index (χ0v) is 11.0. The summed E-state index contributed by atoms with van der Waals surface area (Å²) in [7, 11) is 5.43. The molecule has 0 aliphatic rings. The zero-order valence-electron chi connectivity index (χ0n) is 11.0. The van der Waals surface area contributed by atoms with Gasteiger partial charge < -0.3 is 15.5 Å². The molecule has 0 aromatic heterocycles. The summed E-state index contributed by atoms with van der Waals surface area (Å²) in [6, 6.07) is 7.28. The molecule has 0 aliphatic carbocycles. The molecule has 0 fully saturated rings. The van der Waals surface area contributed by atoms with E-state index in [1.54, 1.807) is 19.2 Å². The quantitative estimate of drug-likeness (QED) is 0.813. The molecule has 0 bridgehead atoms. The minimum atomic E-state index is -0.124. The van der Waals surface area contributed by atoms with Crippen LogP contribution in [0.1, 0.15) is 16.8 Å². The highest BCUT2D eigenvalue weighted by molar-refractivity contribution is 6.00. The summed E-state index contributed by atoms with van der Waals surface area (Å²) in [4.78, 5) is 15.7. The van der Waals surface area contributed by atoms with Crippen LogP contribution in [0.5, 0.6) is 0 Å². The topological polar surface area (TPSA) is 73.4 Å². The lowest BCUT2D eigenvalue weighted by molar-refractivity contribution is 0.0798. The van der Waals surface area contributed by atoms with Crippen molar-refractivity contribution in [3.8, 4) is 6.07 Å². The largest absolute Gasteiger partial charge is 0.399 e. The summed E-state index contributed by atoms with van der Waals surface area (Å²) < 4.78 is 0. The zero-order chi connectivity index (χ0) is 13.7. The van der Waals surface area contributed by atoms with Crippen LogP contribution < -0.4 is 10.6 Å². The van der Waals surface area contributed by atoms with E-state index in [4.69, 9.17) is 11.0 Å². The molecular formula is C13H18N4O. The first-order valence-electron chi connectivity index (χ1n) is 5.66. The number of rotatable bonds is 4. The molecule has 5 heteroatoms. The number of hydrogen-bond donors (Lipinski definition) is 1. The number of nitriles is 1. The number of anilines is 2. The Morgan fingerprint density at radius 1 is 1.39 bits per heavy atom. The Kier molecular flexibility index (Phi) is 4.55. The minimum Gasteiger partial charge on any atom is -0.399 e. The van der Waals surface area contributed by atoms with Crippen molar-refractivity contribution in [1.82, 2.24) is 4.90 Å². The Hall–Kier alpha value is -2.22. The van der Waals surface area contributed by atoms with Gasteiger partial charge in [-0.1, -0.05) is 0 Å². The van der Waals surface area contributed by atoms with E-state index in [1.165, 1.54) is 4.90 Å². The Labute approximate surface area is 107 Å². The first-order valence-corrected chi connectivity index (χ1v) is 5.66. The third kappa shape index (κ3) is 3.14. The van der Waals surface area contributed by atoms with E-state index < -0.39 is 0 Å². The van der Waals surface area contributed by atoms with Gasteiger partial charge in [-0.3, -0.25) is 4.79 Å². The number of benzene rings is 1. The van der Waals surface area contributed by atoms with E-state index in [0.29, 0.717) is 24.2 Å². The fourth-order valence-electron chi connectivity index (χ4n) is 1.64. The van der Waals surface area contributed by atoms with Crippen molar-refractivity contribution < 1.29 is 4.79 Å². The minimum absolute atomic E-state index is 0.124. The van der Waals surface area contributed by atoms with Gasteiger partial charge in [0.25, 0.3) is 5.91 Å². The van der Waals surface area contributed by atoms with Crippen molar-refractivity contribution in [3.05, 3.63) is 23.8 Å². The van der Waals surface area contributed by atoms with Crippen molar-refractivity contribution in [2.75, 3.05) is 38.3 Å². The lowest BCUT2D eigenvalue weighted by Crippen LogP contribution is -2.29. The normalized spacial score (nSPS) is 9.67. The highest BCUT2D eigenvalue weighted by Gasteiger charge is 2.17. The third-order valence-electron chi connectivity index (χ3n) is 2.64. The highest BCUT2D eigenvalue weighted by Crippen LogP contribution is 2.22. The second-order valence-corrected chi connectivity index (χ2v) is 4.31. The van der Waals surface area contributed by atoms with Crippen LogP contribution in [0, 0.1) is 11.3 Å². The fourth-order valence-corrected chi connectivity index (χ4v) is 1.64. The molecule has 5 nitrogen and oxygen atoms in total. The van der Waals surface area contributed by atoms with Crippen LogP contribution in [0.3, 0.4) is 0 Å². The molecule has 0 radical (unpaired) electrons. The van der Waals surface area contributed by atoms with E-state index in [-0.39, 0.29) is 5.91 Å². The van der Waals surface area contributed by atoms with Gasteiger partial charge >= 0.3 is 0 Å². The molecular weight excluding hydrogens is 228 g/mol.